The molecule has 1 spiro atoms. The Bertz CT molecular complexity index is 894. The van der Waals surface area contributed by atoms with Crippen molar-refractivity contribution >= 4 is 17.4 Å². The number of rotatable bonds is 3. The Kier molecular flexibility index (Phi) is 5.21. The van der Waals surface area contributed by atoms with E-state index in [4.69, 9.17) is 4.99 Å². The Labute approximate surface area is 167 Å². The van der Waals surface area contributed by atoms with Crippen molar-refractivity contribution in [2.24, 2.45) is 10.4 Å². The molecule has 0 aromatic heterocycles. The minimum absolute atomic E-state index is 0.0305. The van der Waals surface area contributed by atoms with Crippen molar-refractivity contribution < 1.29 is 4.79 Å². The highest BCUT2D eigenvalue weighted by Gasteiger charge is 2.40. The molecule has 4 rings (SSSR count). The molecule has 1 amide bonds. The second-order valence-electron chi connectivity index (χ2n) is 8.36. The van der Waals surface area contributed by atoms with E-state index in [1.54, 1.807) is 19.0 Å². The lowest BCUT2D eigenvalue weighted by Crippen LogP contribution is -2.43. The quantitative estimate of drug-likeness (QED) is 0.829. The predicted octanol–water partition coefficient (Wildman–Crippen LogP) is 4.91. The van der Waals surface area contributed by atoms with Gasteiger partial charge in [-0.1, -0.05) is 49.6 Å². The standard InChI is InChI=1S/C24H29N3O/c1-27(2)22(28)19-11-8-9-18(15-19)17-25-23-24(13-6-3-7-14-24)16-20-10-4-5-12-21(20)26-23/h4-5,8-12,15H,3,6-7,13-14,16-17H2,1-2H3,(H,25,26). The molecule has 0 atom stereocenters. The number of carbonyl (C=O) groups is 1. The molecule has 0 radical (unpaired) electrons. The maximum Gasteiger partial charge on any atom is 0.253 e. The molecule has 1 aliphatic carbocycles. The zero-order valence-electron chi connectivity index (χ0n) is 16.9. The molecule has 1 N–H and O–H groups in total. The summed E-state index contributed by atoms with van der Waals surface area (Å²) in [6.07, 6.45) is 7.35. The average Bonchev–Trinajstić information content (AvgIpc) is 2.72. The third-order valence-corrected chi connectivity index (χ3v) is 6.11. The molecule has 1 fully saturated rings. The minimum atomic E-state index is 0.0305. The maximum absolute atomic E-state index is 12.3. The number of amides is 1. The summed E-state index contributed by atoms with van der Waals surface area (Å²) in [5, 5.41) is 3.66. The molecular weight excluding hydrogens is 346 g/mol. The van der Waals surface area contributed by atoms with Crippen LogP contribution in [0.3, 0.4) is 0 Å². The lowest BCUT2D eigenvalue weighted by atomic mass is 9.67. The van der Waals surface area contributed by atoms with Crippen LogP contribution in [0, 0.1) is 5.41 Å². The average molecular weight is 376 g/mol. The van der Waals surface area contributed by atoms with Gasteiger partial charge in [0.2, 0.25) is 0 Å². The fourth-order valence-corrected chi connectivity index (χ4v) is 4.59. The number of amidine groups is 1. The van der Waals surface area contributed by atoms with Crippen LogP contribution in [0.25, 0.3) is 0 Å². The Morgan fingerprint density at radius 3 is 2.64 bits per heavy atom. The summed E-state index contributed by atoms with van der Waals surface area (Å²) in [5.74, 6) is 1.17. The van der Waals surface area contributed by atoms with Gasteiger partial charge >= 0.3 is 0 Å². The van der Waals surface area contributed by atoms with Gasteiger partial charge < -0.3 is 10.2 Å². The second-order valence-corrected chi connectivity index (χ2v) is 8.36. The summed E-state index contributed by atoms with van der Waals surface area (Å²) in [6, 6.07) is 16.5. The third kappa shape index (κ3) is 3.68. The van der Waals surface area contributed by atoms with Crippen molar-refractivity contribution in [3.8, 4) is 0 Å². The van der Waals surface area contributed by atoms with Crippen LogP contribution in [0.5, 0.6) is 0 Å². The number of nitrogens with one attached hydrogen (secondary N) is 1. The van der Waals surface area contributed by atoms with Crippen LogP contribution >= 0.6 is 0 Å². The van der Waals surface area contributed by atoms with Gasteiger partial charge in [-0.05, 0) is 48.6 Å². The number of hydrogen-bond donors (Lipinski definition) is 1. The van der Waals surface area contributed by atoms with E-state index < -0.39 is 0 Å². The van der Waals surface area contributed by atoms with Gasteiger partial charge in [0.05, 0.1) is 6.54 Å². The Balaban J connectivity index is 1.62. The van der Waals surface area contributed by atoms with E-state index in [1.165, 1.54) is 43.4 Å². The van der Waals surface area contributed by atoms with Gasteiger partial charge in [-0.25, -0.2) is 0 Å². The molecule has 2 aromatic rings. The molecule has 2 aromatic carbocycles. The predicted molar refractivity (Wildman–Crippen MR) is 115 cm³/mol. The van der Waals surface area contributed by atoms with E-state index in [1.807, 2.05) is 18.2 Å². The van der Waals surface area contributed by atoms with Crippen LogP contribution in [0.2, 0.25) is 0 Å². The van der Waals surface area contributed by atoms with E-state index in [9.17, 15) is 4.79 Å². The van der Waals surface area contributed by atoms with Crippen LogP contribution in [0.1, 0.15) is 53.6 Å². The largest absolute Gasteiger partial charge is 0.345 e. The Morgan fingerprint density at radius 1 is 1.07 bits per heavy atom. The molecule has 0 unspecified atom stereocenters. The summed E-state index contributed by atoms with van der Waals surface area (Å²) in [5.41, 5.74) is 4.53. The van der Waals surface area contributed by atoms with Crippen molar-refractivity contribution in [3.05, 3.63) is 65.2 Å². The molecule has 2 aliphatic rings. The fourth-order valence-electron chi connectivity index (χ4n) is 4.59. The molecule has 1 heterocycles. The number of hydrogen-bond acceptors (Lipinski definition) is 2. The number of benzene rings is 2. The van der Waals surface area contributed by atoms with Gasteiger partial charge in [0.1, 0.15) is 5.84 Å². The lowest BCUT2D eigenvalue weighted by Gasteiger charge is -2.42. The number of aliphatic imine (C=N–C) groups is 1. The van der Waals surface area contributed by atoms with Gasteiger partial charge in [-0.15, -0.1) is 0 Å². The Hall–Kier alpha value is -2.62. The highest BCUT2D eigenvalue weighted by atomic mass is 16.2. The summed E-state index contributed by atoms with van der Waals surface area (Å²) in [4.78, 5) is 18.9. The number of carbonyl (C=O) groups excluding carboxylic acids is 1. The zero-order valence-corrected chi connectivity index (χ0v) is 16.9. The van der Waals surface area contributed by atoms with Gasteiger partial charge in [0.25, 0.3) is 5.91 Å². The van der Waals surface area contributed by atoms with E-state index in [0.717, 1.165) is 23.4 Å². The highest BCUT2D eigenvalue weighted by Crippen LogP contribution is 2.45. The fraction of sp³-hybridized carbons (Fsp3) is 0.417. The number of fused-ring (bicyclic) bond motifs is 1. The monoisotopic (exact) mass is 375 g/mol. The smallest absolute Gasteiger partial charge is 0.253 e. The third-order valence-electron chi connectivity index (χ3n) is 6.11. The van der Waals surface area contributed by atoms with Crippen LogP contribution in [-0.2, 0) is 13.0 Å². The first kappa shape index (κ1) is 18.7. The van der Waals surface area contributed by atoms with Gasteiger partial charge in [-0.2, -0.15) is 0 Å². The summed E-state index contributed by atoms with van der Waals surface area (Å²) in [7, 11) is 3.57. The van der Waals surface area contributed by atoms with E-state index >= 15 is 0 Å². The van der Waals surface area contributed by atoms with E-state index in [0.29, 0.717) is 6.54 Å². The summed E-state index contributed by atoms with van der Waals surface area (Å²) >= 11 is 0. The summed E-state index contributed by atoms with van der Waals surface area (Å²) in [6.45, 7) is 0.598. The molecule has 146 valence electrons. The van der Waals surface area contributed by atoms with Crippen LogP contribution in [-0.4, -0.2) is 30.7 Å². The van der Waals surface area contributed by atoms with Gasteiger partial charge in [0.15, 0.2) is 0 Å². The van der Waals surface area contributed by atoms with Gasteiger partial charge in [0, 0.05) is 30.8 Å². The van der Waals surface area contributed by atoms with Crippen molar-refractivity contribution in [2.75, 3.05) is 19.4 Å². The molecule has 0 bridgehead atoms. The lowest BCUT2D eigenvalue weighted by molar-refractivity contribution is 0.0827. The number of nitrogens with zero attached hydrogens (tertiary/aromatic N) is 2. The molecule has 1 saturated carbocycles. The topological polar surface area (TPSA) is 44.7 Å². The molecule has 4 heteroatoms. The van der Waals surface area contributed by atoms with Crippen molar-refractivity contribution in [1.82, 2.24) is 4.90 Å². The van der Waals surface area contributed by atoms with E-state index in [-0.39, 0.29) is 11.3 Å². The maximum atomic E-state index is 12.3. The zero-order chi connectivity index (χ0) is 19.6. The molecule has 0 saturated heterocycles. The normalized spacial score (nSPS) is 19.1. The Morgan fingerprint density at radius 2 is 1.86 bits per heavy atom. The second kappa shape index (κ2) is 7.78. The minimum Gasteiger partial charge on any atom is -0.345 e. The molecule has 4 nitrogen and oxygen atoms in total. The van der Waals surface area contributed by atoms with Crippen LogP contribution < -0.4 is 5.32 Å². The van der Waals surface area contributed by atoms with Crippen molar-refractivity contribution in [1.29, 1.82) is 0 Å². The molecular formula is C24H29N3O. The summed E-state index contributed by atoms with van der Waals surface area (Å²) < 4.78 is 0. The number of anilines is 1. The SMILES string of the molecule is CN(C)C(=O)c1cccc(CN=C2Nc3ccccc3CC23CCCCC3)c1. The number of para-hydroxylation sites is 1. The van der Waals surface area contributed by atoms with Gasteiger partial charge in [-0.3, -0.25) is 9.79 Å². The molecule has 1 aliphatic heterocycles. The van der Waals surface area contributed by atoms with Crippen molar-refractivity contribution in [3.63, 3.8) is 0 Å². The molecule has 28 heavy (non-hydrogen) atoms. The van der Waals surface area contributed by atoms with E-state index in [2.05, 4.69) is 35.6 Å². The first-order chi connectivity index (χ1) is 13.6. The van der Waals surface area contributed by atoms with Crippen LogP contribution in [0.15, 0.2) is 53.5 Å². The highest BCUT2D eigenvalue weighted by molar-refractivity contribution is 6.02. The first-order valence-electron chi connectivity index (χ1n) is 10.3. The van der Waals surface area contributed by atoms with Crippen LogP contribution in [0.4, 0.5) is 5.69 Å². The van der Waals surface area contributed by atoms with Crippen molar-refractivity contribution in [2.45, 2.75) is 45.1 Å². The first-order valence-corrected chi connectivity index (χ1v) is 10.3.